The van der Waals surface area contributed by atoms with Crippen molar-refractivity contribution >= 4 is 17.5 Å². The van der Waals surface area contributed by atoms with Gasteiger partial charge in [0.15, 0.2) is 0 Å². The summed E-state index contributed by atoms with van der Waals surface area (Å²) in [7, 11) is 3.11. The Bertz CT molecular complexity index is 946. The van der Waals surface area contributed by atoms with Crippen LogP contribution in [0.15, 0.2) is 60.9 Å². The van der Waals surface area contributed by atoms with Crippen LogP contribution in [0.2, 0.25) is 0 Å². The summed E-state index contributed by atoms with van der Waals surface area (Å²) in [6, 6.07) is 15.3. The van der Waals surface area contributed by atoms with Crippen LogP contribution in [0.4, 0.5) is 11.6 Å². The molecule has 7 heteroatoms. The zero-order valence-corrected chi connectivity index (χ0v) is 16.8. The van der Waals surface area contributed by atoms with Crippen molar-refractivity contribution in [2.45, 2.75) is 13.5 Å². The number of carbonyl (C=O) groups excluding carboxylic acids is 1. The number of methoxy groups -OCH3 is 2. The van der Waals surface area contributed by atoms with Crippen molar-refractivity contribution in [1.82, 2.24) is 9.97 Å². The maximum absolute atomic E-state index is 12.6. The second kappa shape index (κ2) is 9.54. The van der Waals surface area contributed by atoms with Gasteiger partial charge in [-0.1, -0.05) is 30.3 Å². The lowest BCUT2D eigenvalue weighted by Gasteiger charge is -2.20. The highest BCUT2D eigenvalue weighted by Gasteiger charge is 2.14. The molecule has 3 aromatic rings. The third-order valence-corrected chi connectivity index (χ3v) is 4.44. The number of amides is 1. The Morgan fingerprint density at radius 3 is 2.38 bits per heavy atom. The summed E-state index contributed by atoms with van der Waals surface area (Å²) in [6.07, 6.45) is 3.06. The average Bonchev–Trinajstić information content (AvgIpc) is 2.78. The summed E-state index contributed by atoms with van der Waals surface area (Å²) in [5, 5.41) is 2.82. The van der Waals surface area contributed by atoms with E-state index in [1.807, 2.05) is 30.0 Å². The van der Waals surface area contributed by atoms with Crippen LogP contribution >= 0.6 is 0 Å². The summed E-state index contributed by atoms with van der Waals surface area (Å²) in [5.41, 5.74) is 2.08. The molecule has 0 radical (unpaired) electrons. The third kappa shape index (κ3) is 5.01. The summed E-state index contributed by atoms with van der Waals surface area (Å²) in [4.78, 5) is 23.4. The van der Waals surface area contributed by atoms with E-state index >= 15 is 0 Å². The quantitative estimate of drug-likeness (QED) is 0.629. The standard InChI is InChI=1S/C22H24N4O3/c1-4-26(15-16-8-6-5-7-9-16)22-23-13-17(14-24-22)21(27)25-19-11-10-18(28-2)12-20(19)29-3/h5-14H,4,15H2,1-3H3,(H,25,27). The van der Waals surface area contributed by atoms with E-state index in [0.717, 1.165) is 6.54 Å². The molecule has 3 rings (SSSR count). The fourth-order valence-electron chi connectivity index (χ4n) is 2.83. The highest BCUT2D eigenvalue weighted by atomic mass is 16.5. The Morgan fingerprint density at radius 2 is 1.76 bits per heavy atom. The summed E-state index contributed by atoms with van der Waals surface area (Å²) in [6.45, 7) is 3.50. The zero-order valence-electron chi connectivity index (χ0n) is 16.8. The van der Waals surface area contributed by atoms with Crippen molar-refractivity contribution in [1.29, 1.82) is 0 Å². The molecule has 0 saturated heterocycles. The number of nitrogens with one attached hydrogen (secondary N) is 1. The molecule has 0 fully saturated rings. The van der Waals surface area contributed by atoms with Crippen molar-refractivity contribution in [3.05, 3.63) is 72.1 Å². The van der Waals surface area contributed by atoms with E-state index in [1.165, 1.54) is 25.1 Å². The van der Waals surface area contributed by atoms with Gasteiger partial charge in [-0.05, 0) is 24.6 Å². The number of carbonyl (C=O) groups is 1. The van der Waals surface area contributed by atoms with Crippen molar-refractivity contribution in [3.8, 4) is 11.5 Å². The third-order valence-electron chi connectivity index (χ3n) is 4.44. The molecule has 1 aromatic heterocycles. The molecule has 0 aliphatic carbocycles. The average molecular weight is 392 g/mol. The van der Waals surface area contributed by atoms with Crippen LogP contribution in [0, 0.1) is 0 Å². The molecule has 1 N–H and O–H groups in total. The zero-order chi connectivity index (χ0) is 20.6. The first-order chi connectivity index (χ1) is 14.1. The largest absolute Gasteiger partial charge is 0.497 e. The van der Waals surface area contributed by atoms with Crippen LogP contribution in [0.1, 0.15) is 22.8 Å². The molecule has 0 spiro atoms. The molecule has 0 saturated carbocycles. The molecule has 0 unspecified atom stereocenters. The first kappa shape index (κ1) is 20.1. The predicted molar refractivity (Wildman–Crippen MR) is 113 cm³/mol. The number of rotatable bonds is 8. The van der Waals surface area contributed by atoms with Gasteiger partial charge in [0.2, 0.25) is 5.95 Å². The molecule has 0 bridgehead atoms. The lowest BCUT2D eigenvalue weighted by Crippen LogP contribution is -2.24. The van der Waals surface area contributed by atoms with Gasteiger partial charge >= 0.3 is 0 Å². The molecule has 1 amide bonds. The molecule has 0 atom stereocenters. The highest BCUT2D eigenvalue weighted by molar-refractivity contribution is 6.04. The lowest BCUT2D eigenvalue weighted by molar-refractivity contribution is 0.102. The van der Waals surface area contributed by atoms with Gasteiger partial charge in [-0.25, -0.2) is 9.97 Å². The fourth-order valence-corrected chi connectivity index (χ4v) is 2.83. The molecule has 29 heavy (non-hydrogen) atoms. The minimum atomic E-state index is -0.314. The van der Waals surface area contributed by atoms with Gasteiger partial charge < -0.3 is 19.7 Å². The fraction of sp³-hybridized carbons (Fsp3) is 0.227. The van der Waals surface area contributed by atoms with Gasteiger partial charge in [0.25, 0.3) is 5.91 Å². The van der Waals surface area contributed by atoms with Crippen molar-refractivity contribution in [3.63, 3.8) is 0 Å². The van der Waals surface area contributed by atoms with Crippen LogP contribution in [0.3, 0.4) is 0 Å². The van der Waals surface area contributed by atoms with Crippen LogP contribution in [0.5, 0.6) is 11.5 Å². The van der Waals surface area contributed by atoms with Crippen LogP contribution in [-0.4, -0.2) is 36.6 Å². The van der Waals surface area contributed by atoms with Gasteiger partial charge in [-0.15, -0.1) is 0 Å². The minimum Gasteiger partial charge on any atom is -0.497 e. The maximum Gasteiger partial charge on any atom is 0.258 e. The Kier molecular flexibility index (Phi) is 6.63. The van der Waals surface area contributed by atoms with E-state index in [9.17, 15) is 4.79 Å². The van der Waals surface area contributed by atoms with E-state index in [0.29, 0.717) is 35.2 Å². The van der Waals surface area contributed by atoms with E-state index in [4.69, 9.17) is 9.47 Å². The van der Waals surface area contributed by atoms with Gasteiger partial charge in [0.1, 0.15) is 11.5 Å². The van der Waals surface area contributed by atoms with E-state index < -0.39 is 0 Å². The smallest absolute Gasteiger partial charge is 0.258 e. The topological polar surface area (TPSA) is 76.6 Å². The number of benzene rings is 2. The predicted octanol–water partition coefficient (Wildman–Crippen LogP) is 3.77. The lowest BCUT2D eigenvalue weighted by atomic mass is 10.2. The molecular weight excluding hydrogens is 368 g/mol. The van der Waals surface area contributed by atoms with Gasteiger partial charge in [0, 0.05) is 31.5 Å². The Balaban J connectivity index is 1.71. The number of ether oxygens (including phenoxy) is 2. The number of hydrogen-bond donors (Lipinski definition) is 1. The van der Waals surface area contributed by atoms with Crippen LogP contribution in [0.25, 0.3) is 0 Å². The van der Waals surface area contributed by atoms with Gasteiger partial charge in [-0.3, -0.25) is 4.79 Å². The minimum absolute atomic E-state index is 0.314. The first-order valence-electron chi connectivity index (χ1n) is 9.29. The monoisotopic (exact) mass is 392 g/mol. The second-order valence-corrected chi connectivity index (χ2v) is 6.29. The van der Waals surface area contributed by atoms with Crippen molar-refractivity contribution in [2.24, 2.45) is 0 Å². The number of nitrogens with zero attached hydrogens (tertiary/aromatic N) is 3. The second-order valence-electron chi connectivity index (χ2n) is 6.29. The van der Waals surface area contributed by atoms with Crippen molar-refractivity contribution < 1.29 is 14.3 Å². The van der Waals surface area contributed by atoms with E-state index in [2.05, 4.69) is 27.4 Å². The molecule has 150 valence electrons. The molecule has 2 aromatic carbocycles. The Labute approximate surface area is 170 Å². The van der Waals surface area contributed by atoms with Gasteiger partial charge in [-0.2, -0.15) is 0 Å². The van der Waals surface area contributed by atoms with Crippen LogP contribution < -0.4 is 19.7 Å². The van der Waals surface area contributed by atoms with Crippen LogP contribution in [-0.2, 0) is 6.54 Å². The summed E-state index contributed by atoms with van der Waals surface area (Å²) in [5.74, 6) is 1.42. The maximum atomic E-state index is 12.6. The molecular formula is C22H24N4O3. The van der Waals surface area contributed by atoms with Crippen molar-refractivity contribution in [2.75, 3.05) is 31.0 Å². The van der Waals surface area contributed by atoms with E-state index in [1.54, 1.807) is 25.3 Å². The highest BCUT2D eigenvalue weighted by Crippen LogP contribution is 2.29. The SMILES string of the molecule is CCN(Cc1ccccc1)c1ncc(C(=O)Nc2ccc(OC)cc2OC)cn1. The van der Waals surface area contributed by atoms with Gasteiger partial charge in [0.05, 0.1) is 25.5 Å². The molecule has 7 nitrogen and oxygen atoms in total. The number of hydrogen-bond acceptors (Lipinski definition) is 6. The molecule has 0 aliphatic rings. The number of anilines is 2. The Hall–Kier alpha value is -3.61. The van der Waals surface area contributed by atoms with E-state index in [-0.39, 0.29) is 5.91 Å². The Morgan fingerprint density at radius 1 is 1.03 bits per heavy atom. The normalized spacial score (nSPS) is 10.3. The molecule has 1 heterocycles. The summed E-state index contributed by atoms with van der Waals surface area (Å²) < 4.78 is 10.5. The number of aromatic nitrogens is 2. The first-order valence-corrected chi connectivity index (χ1v) is 9.29. The molecule has 0 aliphatic heterocycles. The summed E-state index contributed by atoms with van der Waals surface area (Å²) >= 11 is 0.